The van der Waals surface area contributed by atoms with Crippen LogP contribution in [0.1, 0.15) is 15.2 Å². The number of thiazole rings is 1. The molecule has 0 saturated heterocycles. The smallest absolute Gasteiger partial charge is 0.266 e. The predicted molar refractivity (Wildman–Crippen MR) is 102 cm³/mol. The van der Waals surface area contributed by atoms with E-state index in [9.17, 15) is 4.79 Å². The number of carbonyl (C=O) groups excluding carboxylic acids is 1. The van der Waals surface area contributed by atoms with Gasteiger partial charge in [-0.1, -0.05) is 24.3 Å². The minimum absolute atomic E-state index is 0.0731. The monoisotopic (exact) mass is 350 g/mol. The lowest BCUT2D eigenvalue weighted by Gasteiger charge is -2.09. The van der Waals surface area contributed by atoms with E-state index in [1.54, 1.807) is 11.3 Å². The molecule has 0 atom stereocenters. The Labute approximate surface area is 147 Å². The third-order valence-corrected chi connectivity index (χ3v) is 5.85. The van der Waals surface area contributed by atoms with Gasteiger partial charge in [-0.05, 0) is 48.2 Å². The van der Waals surface area contributed by atoms with Gasteiger partial charge in [0.05, 0.1) is 20.8 Å². The Morgan fingerprint density at radius 2 is 1.83 bits per heavy atom. The van der Waals surface area contributed by atoms with Crippen molar-refractivity contribution in [2.75, 3.05) is 5.32 Å². The number of hydrogen-bond acceptors (Lipinski definition) is 4. The first kappa shape index (κ1) is 15.1. The molecule has 2 heterocycles. The molecule has 0 spiro atoms. The summed E-state index contributed by atoms with van der Waals surface area (Å²) in [7, 11) is 0. The lowest BCUT2D eigenvalue weighted by Crippen LogP contribution is -2.12. The lowest BCUT2D eigenvalue weighted by atomic mass is 10.1. The highest BCUT2D eigenvalue weighted by Crippen LogP contribution is 2.34. The van der Waals surface area contributed by atoms with Gasteiger partial charge in [0.25, 0.3) is 5.91 Å². The van der Waals surface area contributed by atoms with Gasteiger partial charge in [-0.2, -0.15) is 0 Å². The number of thiophene rings is 1. The maximum atomic E-state index is 12.5. The first-order valence-electron chi connectivity index (χ1n) is 7.53. The van der Waals surface area contributed by atoms with E-state index in [2.05, 4.69) is 11.4 Å². The highest BCUT2D eigenvalue weighted by Gasteiger charge is 2.15. The van der Waals surface area contributed by atoms with Crippen molar-refractivity contribution in [2.45, 2.75) is 6.92 Å². The molecule has 2 aromatic heterocycles. The molecule has 4 aromatic rings. The van der Waals surface area contributed by atoms with Crippen LogP contribution >= 0.6 is 22.7 Å². The molecule has 0 unspecified atom stereocenters. The van der Waals surface area contributed by atoms with Crippen LogP contribution < -0.4 is 5.32 Å². The van der Waals surface area contributed by atoms with Crippen LogP contribution in [0.5, 0.6) is 0 Å². The number of benzene rings is 2. The lowest BCUT2D eigenvalue weighted by molar-refractivity contribution is 0.103. The Balaban J connectivity index is 1.73. The summed E-state index contributed by atoms with van der Waals surface area (Å²) < 4.78 is 1.14. The van der Waals surface area contributed by atoms with E-state index in [1.165, 1.54) is 11.3 Å². The molecule has 5 heteroatoms. The number of aromatic nitrogens is 1. The second-order valence-electron chi connectivity index (χ2n) is 5.42. The summed E-state index contributed by atoms with van der Waals surface area (Å²) in [6, 6.07) is 17.8. The average molecular weight is 350 g/mol. The van der Waals surface area contributed by atoms with Crippen molar-refractivity contribution in [3.8, 4) is 10.6 Å². The number of aryl methyl sites for hydroxylation is 1. The van der Waals surface area contributed by atoms with Gasteiger partial charge in [-0.3, -0.25) is 4.79 Å². The second-order valence-corrected chi connectivity index (χ2v) is 7.37. The summed E-state index contributed by atoms with van der Waals surface area (Å²) in [5.74, 6) is -0.0731. The zero-order valence-corrected chi connectivity index (χ0v) is 14.6. The molecule has 0 radical (unpaired) electrons. The van der Waals surface area contributed by atoms with Crippen LogP contribution in [0.15, 0.2) is 60.0 Å². The molecule has 4 rings (SSSR count). The number of fused-ring (bicyclic) bond motifs is 1. The Kier molecular flexibility index (Phi) is 3.88. The third-order valence-electron chi connectivity index (χ3n) is 3.77. The number of carbonyl (C=O) groups is 1. The number of amides is 1. The molecule has 0 aliphatic heterocycles. The Morgan fingerprint density at radius 1 is 1.04 bits per heavy atom. The van der Waals surface area contributed by atoms with E-state index in [1.807, 2.05) is 60.8 Å². The molecule has 24 heavy (non-hydrogen) atoms. The van der Waals surface area contributed by atoms with E-state index in [0.717, 1.165) is 36.9 Å². The summed E-state index contributed by atoms with van der Waals surface area (Å²) in [5, 5.41) is 5.88. The topological polar surface area (TPSA) is 42.0 Å². The molecule has 0 aliphatic carbocycles. The maximum absolute atomic E-state index is 12.5. The Hall–Kier alpha value is -2.50. The van der Waals surface area contributed by atoms with Crippen LogP contribution in [0.3, 0.4) is 0 Å². The number of hydrogen-bond donors (Lipinski definition) is 1. The number of nitrogens with one attached hydrogen (secondary N) is 1. The fourth-order valence-corrected chi connectivity index (χ4v) is 4.38. The first-order valence-corrected chi connectivity index (χ1v) is 9.22. The SMILES string of the molecule is Cc1ccsc1C(=O)Nc1ccccc1-c1nc2ccccc2s1. The van der Waals surface area contributed by atoms with Crippen molar-refractivity contribution < 1.29 is 4.79 Å². The van der Waals surface area contributed by atoms with Crippen LogP contribution in [0.25, 0.3) is 20.8 Å². The maximum Gasteiger partial charge on any atom is 0.266 e. The van der Waals surface area contributed by atoms with Crippen LogP contribution in [0, 0.1) is 6.92 Å². The van der Waals surface area contributed by atoms with Gasteiger partial charge in [0, 0.05) is 5.56 Å². The zero-order valence-electron chi connectivity index (χ0n) is 12.9. The van der Waals surface area contributed by atoms with Crippen molar-refractivity contribution in [3.63, 3.8) is 0 Å². The van der Waals surface area contributed by atoms with Crippen LogP contribution in [0.4, 0.5) is 5.69 Å². The summed E-state index contributed by atoms with van der Waals surface area (Å²) in [6.45, 7) is 1.95. The van der Waals surface area contributed by atoms with E-state index in [0.29, 0.717) is 0 Å². The highest BCUT2D eigenvalue weighted by molar-refractivity contribution is 7.21. The number of rotatable bonds is 3. The fourth-order valence-electron chi connectivity index (χ4n) is 2.55. The number of para-hydroxylation sites is 2. The van der Waals surface area contributed by atoms with Crippen molar-refractivity contribution in [1.29, 1.82) is 0 Å². The van der Waals surface area contributed by atoms with Gasteiger partial charge in [0.15, 0.2) is 0 Å². The normalized spacial score (nSPS) is 10.9. The minimum Gasteiger partial charge on any atom is -0.321 e. The Morgan fingerprint density at radius 3 is 2.62 bits per heavy atom. The van der Waals surface area contributed by atoms with E-state index < -0.39 is 0 Å². The van der Waals surface area contributed by atoms with Crippen molar-refractivity contribution >= 4 is 44.5 Å². The van der Waals surface area contributed by atoms with Gasteiger partial charge in [-0.15, -0.1) is 22.7 Å². The standard InChI is InChI=1S/C19H14N2OS2/c1-12-10-11-23-17(12)18(22)20-14-7-3-2-6-13(14)19-21-15-8-4-5-9-16(15)24-19/h2-11H,1H3,(H,20,22). The van der Waals surface area contributed by atoms with Crippen molar-refractivity contribution in [3.05, 3.63) is 70.4 Å². The average Bonchev–Trinajstić information content (AvgIpc) is 3.21. The molecule has 1 N–H and O–H groups in total. The predicted octanol–water partition coefficient (Wildman–Crippen LogP) is 5.59. The fraction of sp³-hybridized carbons (Fsp3) is 0.0526. The molecule has 1 amide bonds. The van der Waals surface area contributed by atoms with Gasteiger partial charge >= 0.3 is 0 Å². The molecular formula is C19H14N2OS2. The molecule has 0 saturated carbocycles. The van der Waals surface area contributed by atoms with Gasteiger partial charge in [0.2, 0.25) is 0 Å². The Bertz CT molecular complexity index is 999. The van der Waals surface area contributed by atoms with Gasteiger partial charge in [-0.25, -0.2) is 4.98 Å². The molecule has 3 nitrogen and oxygen atoms in total. The molecular weight excluding hydrogens is 336 g/mol. The minimum atomic E-state index is -0.0731. The van der Waals surface area contributed by atoms with E-state index >= 15 is 0 Å². The summed E-state index contributed by atoms with van der Waals surface area (Å²) in [4.78, 5) is 18.0. The van der Waals surface area contributed by atoms with Crippen molar-refractivity contribution in [2.24, 2.45) is 0 Å². The second kappa shape index (κ2) is 6.19. The highest BCUT2D eigenvalue weighted by atomic mass is 32.1. The van der Waals surface area contributed by atoms with Gasteiger partial charge < -0.3 is 5.32 Å². The largest absolute Gasteiger partial charge is 0.321 e. The van der Waals surface area contributed by atoms with Crippen LogP contribution in [-0.4, -0.2) is 10.9 Å². The molecule has 2 aromatic carbocycles. The van der Waals surface area contributed by atoms with Gasteiger partial charge in [0.1, 0.15) is 5.01 Å². The number of nitrogens with zero attached hydrogens (tertiary/aromatic N) is 1. The molecule has 0 fully saturated rings. The summed E-state index contributed by atoms with van der Waals surface area (Å²) >= 11 is 3.09. The van der Waals surface area contributed by atoms with E-state index in [-0.39, 0.29) is 5.91 Å². The molecule has 0 bridgehead atoms. The zero-order chi connectivity index (χ0) is 16.5. The van der Waals surface area contributed by atoms with Crippen LogP contribution in [-0.2, 0) is 0 Å². The molecule has 118 valence electrons. The number of anilines is 1. The first-order chi connectivity index (χ1) is 11.7. The van der Waals surface area contributed by atoms with Crippen LogP contribution in [0.2, 0.25) is 0 Å². The summed E-state index contributed by atoms with van der Waals surface area (Å²) in [5.41, 5.74) is 3.71. The molecule has 0 aliphatic rings. The van der Waals surface area contributed by atoms with E-state index in [4.69, 9.17) is 4.98 Å². The summed E-state index contributed by atoms with van der Waals surface area (Å²) in [6.07, 6.45) is 0. The van der Waals surface area contributed by atoms with Crippen molar-refractivity contribution in [1.82, 2.24) is 4.98 Å². The third kappa shape index (κ3) is 2.72. The quantitative estimate of drug-likeness (QED) is 0.523.